The molecule has 3 nitrogen and oxygen atoms in total. The molecule has 0 amide bonds. The van der Waals surface area contributed by atoms with Crippen LogP contribution < -0.4 is 0 Å². The van der Waals surface area contributed by atoms with Crippen molar-refractivity contribution in [3.8, 4) is 0 Å². The Hall–Kier alpha value is -2.03. The number of aliphatic hydroxyl groups excluding tert-OH is 1. The normalized spacial score (nSPS) is 24.7. The van der Waals surface area contributed by atoms with Gasteiger partial charge in [0.15, 0.2) is 11.4 Å². The second kappa shape index (κ2) is 5.01. The molecule has 0 saturated carbocycles. The maximum Gasteiger partial charge on any atom is 0.343 e. The number of carbonyl (C=O) groups is 1. The lowest BCUT2D eigenvalue weighted by Gasteiger charge is -2.24. The number of aryl methyl sites for hydroxylation is 3. The van der Waals surface area contributed by atoms with Crippen molar-refractivity contribution in [3.63, 3.8) is 0 Å². The van der Waals surface area contributed by atoms with Crippen LogP contribution in [-0.4, -0.2) is 16.7 Å². The number of ether oxygens (including phenoxy) is 1. The summed E-state index contributed by atoms with van der Waals surface area (Å²) in [6.45, 7) is 7.75. The fraction of sp³-hybridized carbons (Fsp3) is 0.421. The first-order valence-electron chi connectivity index (χ1n) is 7.79. The molecule has 1 aromatic carbocycles. The zero-order valence-electron chi connectivity index (χ0n) is 13.6. The van der Waals surface area contributed by atoms with Crippen molar-refractivity contribution in [1.29, 1.82) is 0 Å². The summed E-state index contributed by atoms with van der Waals surface area (Å²) in [4.78, 5) is 12.5. The van der Waals surface area contributed by atoms with Crippen LogP contribution in [-0.2, 0) is 9.53 Å². The third kappa shape index (κ3) is 2.07. The summed E-state index contributed by atoms with van der Waals surface area (Å²) in [5.41, 5.74) is 4.26. The van der Waals surface area contributed by atoms with E-state index >= 15 is 0 Å². The minimum Gasteiger partial charge on any atom is -0.507 e. The lowest BCUT2D eigenvalue weighted by Crippen LogP contribution is -2.30. The predicted molar refractivity (Wildman–Crippen MR) is 86.6 cm³/mol. The molecule has 1 aromatic rings. The van der Waals surface area contributed by atoms with Gasteiger partial charge >= 0.3 is 5.97 Å². The molecule has 3 rings (SSSR count). The summed E-state index contributed by atoms with van der Waals surface area (Å²) in [6.07, 6.45) is 4.98. The van der Waals surface area contributed by atoms with E-state index in [0.717, 1.165) is 47.1 Å². The third-order valence-corrected chi connectivity index (χ3v) is 4.77. The van der Waals surface area contributed by atoms with E-state index in [1.807, 2.05) is 32.9 Å². The molecule has 0 saturated heterocycles. The van der Waals surface area contributed by atoms with Gasteiger partial charge in [-0.15, -0.1) is 0 Å². The van der Waals surface area contributed by atoms with Crippen LogP contribution >= 0.6 is 0 Å². The maximum absolute atomic E-state index is 12.5. The quantitative estimate of drug-likeness (QED) is 0.654. The van der Waals surface area contributed by atoms with Crippen molar-refractivity contribution >= 4 is 11.5 Å². The van der Waals surface area contributed by atoms with Crippen molar-refractivity contribution in [1.82, 2.24) is 0 Å². The first-order chi connectivity index (χ1) is 10.3. The first-order valence-corrected chi connectivity index (χ1v) is 7.79. The van der Waals surface area contributed by atoms with E-state index in [0.29, 0.717) is 5.57 Å². The van der Waals surface area contributed by atoms with Crippen molar-refractivity contribution in [2.24, 2.45) is 0 Å². The van der Waals surface area contributed by atoms with E-state index in [2.05, 4.69) is 6.08 Å². The second-order valence-electron chi connectivity index (χ2n) is 6.54. The van der Waals surface area contributed by atoms with Gasteiger partial charge in [-0.2, -0.15) is 0 Å². The van der Waals surface area contributed by atoms with Crippen LogP contribution in [0.2, 0.25) is 0 Å². The van der Waals surface area contributed by atoms with Crippen molar-refractivity contribution in [2.75, 3.05) is 0 Å². The van der Waals surface area contributed by atoms with E-state index in [1.165, 1.54) is 0 Å². The Morgan fingerprint density at radius 2 is 1.82 bits per heavy atom. The highest BCUT2D eigenvalue weighted by Gasteiger charge is 2.48. The SMILES string of the molecule is Cc1cc(C)c(C2=C(O)C(C)(C3=CCCC3)OC2=O)c(C)c1. The molecule has 22 heavy (non-hydrogen) atoms. The van der Waals surface area contributed by atoms with E-state index < -0.39 is 11.6 Å². The van der Waals surface area contributed by atoms with E-state index in [9.17, 15) is 9.90 Å². The molecular formula is C19H22O3. The molecule has 1 unspecified atom stereocenters. The number of hydrogen-bond acceptors (Lipinski definition) is 3. The second-order valence-corrected chi connectivity index (χ2v) is 6.54. The number of hydrogen-bond donors (Lipinski definition) is 1. The average Bonchev–Trinajstić information content (AvgIpc) is 3.01. The fourth-order valence-electron chi connectivity index (χ4n) is 3.74. The maximum atomic E-state index is 12.5. The van der Waals surface area contributed by atoms with Crippen LogP contribution in [0.5, 0.6) is 0 Å². The van der Waals surface area contributed by atoms with Crippen LogP contribution in [0, 0.1) is 20.8 Å². The summed E-state index contributed by atoms with van der Waals surface area (Å²) < 4.78 is 5.62. The number of allylic oxidation sites excluding steroid dienone is 1. The van der Waals surface area contributed by atoms with Crippen LogP contribution in [0.4, 0.5) is 0 Å². The third-order valence-electron chi connectivity index (χ3n) is 4.77. The number of benzene rings is 1. The molecule has 0 bridgehead atoms. The highest BCUT2D eigenvalue weighted by atomic mass is 16.6. The van der Waals surface area contributed by atoms with Crippen molar-refractivity contribution in [3.05, 3.63) is 51.8 Å². The summed E-state index contributed by atoms with van der Waals surface area (Å²) in [7, 11) is 0. The summed E-state index contributed by atoms with van der Waals surface area (Å²) in [5, 5.41) is 10.8. The van der Waals surface area contributed by atoms with Gasteiger partial charge in [0.1, 0.15) is 5.57 Å². The minimum atomic E-state index is -0.993. The van der Waals surface area contributed by atoms with Crippen LogP contribution in [0.3, 0.4) is 0 Å². The molecule has 1 heterocycles. The van der Waals surface area contributed by atoms with Crippen molar-refractivity contribution in [2.45, 2.75) is 52.6 Å². The molecule has 0 radical (unpaired) electrons. The van der Waals surface area contributed by atoms with Gasteiger partial charge < -0.3 is 9.84 Å². The zero-order valence-corrected chi connectivity index (χ0v) is 13.6. The average molecular weight is 298 g/mol. The Kier molecular flexibility index (Phi) is 3.39. The van der Waals surface area contributed by atoms with Gasteiger partial charge in [0.05, 0.1) is 0 Å². The molecule has 116 valence electrons. The van der Waals surface area contributed by atoms with Gasteiger partial charge in [0.2, 0.25) is 0 Å². The van der Waals surface area contributed by atoms with E-state index in [-0.39, 0.29) is 5.76 Å². The monoisotopic (exact) mass is 298 g/mol. The summed E-state index contributed by atoms with van der Waals surface area (Å²) >= 11 is 0. The highest BCUT2D eigenvalue weighted by molar-refractivity contribution is 6.20. The number of rotatable bonds is 2. The standard InChI is InChI=1S/C19H22O3/c1-11-9-12(2)15(13(3)10-11)16-17(20)19(4,22-18(16)21)14-7-5-6-8-14/h7,9-10,20H,5-6,8H2,1-4H3. The van der Waals surface area contributed by atoms with Gasteiger partial charge in [0.25, 0.3) is 0 Å². The molecule has 1 N–H and O–H groups in total. The lowest BCUT2D eigenvalue weighted by molar-refractivity contribution is -0.142. The van der Waals surface area contributed by atoms with Gasteiger partial charge in [-0.1, -0.05) is 23.8 Å². The van der Waals surface area contributed by atoms with Gasteiger partial charge in [-0.05, 0) is 69.2 Å². The predicted octanol–water partition coefficient (Wildman–Crippen LogP) is 4.31. The highest BCUT2D eigenvalue weighted by Crippen LogP contribution is 2.45. The molecule has 0 fully saturated rings. The number of carbonyl (C=O) groups excluding carboxylic acids is 1. The molecule has 0 spiro atoms. The van der Waals surface area contributed by atoms with E-state index in [1.54, 1.807) is 6.92 Å². The topological polar surface area (TPSA) is 46.5 Å². The van der Waals surface area contributed by atoms with Crippen molar-refractivity contribution < 1.29 is 14.6 Å². The van der Waals surface area contributed by atoms with Crippen LogP contribution in [0.1, 0.15) is 48.4 Å². The molecular weight excluding hydrogens is 276 g/mol. The molecule has 3 heteroatoms. The number of esters is 1. The van der Waals surface area contributed by atoms with Crippen LogP contribution in [0.15, 0.2) is 29.5 Å². The fourth-order valence-corrected chi connectivity index (χ4v) is 3.74. The van der Waals surface area contributed by atoms with Gasteiger partial charge in [-0.25, -0.2) is 4.79 Å². The minimum absolute atomic E-state index is 0.0562. The van der Waals surface area contributed by atoms with Gasteiger partial charge in [0, 0.05) is 0 Å². The first kappa shape index (κ1) is 14.9. The summed E-state index contributed by atoms with van der Waals surface area (Å²) in [5.74, 6) is -0.372. The molecule has 1 aliphatic carbocycles. The smallest absolute Gasteiger partial charge is 0.343 e. The number of cyclic esters (lactones) is 1. The largest absolute Gasteiger partial charge is 0.507 e. The molecule has 1 atom stereocenters. The van der Waals surface area contributed by atoms with E-state index in [4.69, 9.17) is 4.74 Å². The molecule has 0 aromatic heterocycles. The summed E-state index contributed by atoms with van der Waals surface area (Å²) in [6, 6.07) is 4.06. The lowest BCUT2D eigenvalue weighted by atomic mass is 9.88. The molecule has 1 aliphatic heterocycles. The van der Waals surface area contributed by atoms with Crippen LogP contribution in [0.25, 0.3) is 5.57 Å². The zero-order chi connectivity index (χ0) is 16.1. The Morgan fingerprint density at radius 1 is 1.18 bits per heavy atom. The Labute approximate surface area is 131 Å². The Morgan fingerprint density at radius 3 is 2.36 bits per heavy atom. The number of aliphatic hydroxyl groups is 1. The Bertz CT molecular complexity index is 701. The van der Waals surface area contributed by atoms with Gasteiger partial charge in [-0.3, -0.25) is 0 Å². The molecule has 2 aliphatic rings. The Balaban J connectivity index is 2.18.